The largest absolute Gasteiger partial charge is 0.497 e. The Morgan fingerprint density at radius 1 is 1.00 bits per heavy atom. The zero-order valence-corrected chi connectivity index (χ0v) is 15.5. The number of hydrogen-bond acceptors (Lipinski definition) is 5. The Hall–Kier alpha value is -3.18. The van der Waals surface area contributed by atoms with Crippen LogP contribution in [-0.2, 0) is 11.3 Å². The van der Waals surface area contributed by atoms with E-state index in [1.807, 2.05) is 66.0 Å². The molecule has 4 rings (SSSR count). The standard InChI is InChI=1S/C22H17NO3S/c1-25-20-10-8-16(9-11-20)21-23-19(14-27-21)13-26-22(24)18-7-6-15-4-2-3-5-17(15)12-18/h2-12,14H,13H2,1H3. The predicted molar refractivity (Wildman–Crippen MR) is 107 cm³/mol. The fourth-order valence-electron chi connectivity index (χ4n) is 2.78. The lowest BCUT2D eigenvalue weighted by Gasteiger charge is -2.04. The number of thiazole rings is 1. The van der Waals surface area contributed by atoms with Crippen LogP contribution in [0.5, 0.6) is 5.75 Å². The van der Waals surface area contributed by atoms with Gasteiger partial charge >= 0.3 is 5.97 Å². The second-order valence-electron chi connectivity index (χ2n) is 6.01. The molecule has 4 aromatic rings. The minimum atomic E-state index is -0.347. The van der Waals surface area contributed by atoms with Crippen LogP contribution in [0.25, 0.3) is 21.3 Å². The minimum absolute atomic E-state index is 0.151. The first kappa shape index (κ1) is 17.2. The van der Waals surface area contributed by atoms with E-state index < -0.39 is 0 Å². The van der Waals surface area contributed by atoms with Gasteiger partial charge in [0, 0.05) is 10.9 Å². The number of rotatable bonds is 5. The van der Waals surface area contributed by atoms with Gasteiger partial charge in [-0.25, -0.2) is 9.78 Å². The molecule has 0 amide bonds. The zero-order chi connectivity index (χ0) is 18.6. The van der Waals surface area contributed by atoms with Crippen molar-refractivity contribution in [3.8, 4) is 16.3 Å². The van der Waals surface area contributed by atoms with Gasteiger partial charge < -0.3 is 9.47 Å². The predicted octanol–water partition coefficient (Wildman–Crippen LogP) is 5.33. The van der Waals surface area contributed by atoms with Gasteiger partial charge in [-0.3, -0.25) is 0 Å². The van der Waals surface area contributed by atoms with Crippen molar-refractivity contribution < 1.29 is 14.3 Å². The first-order valence-electron chi connectivity index (χ1n) is 8.48. The highest BCUT2D eigenvalue weighted by Gasteiger charge is 2.11. The second kappa shape index (κ2) is 7.60. The van der Waals surface area contributed by atoms with Crippen molar-refractivity contribution in [3.63, 3.8) is 0 Å². The molecule has 0 fully saturated rings. The Bertz CT molecular complexity index is 1090. The molecule has 1 aromatic heterocycles. The van der Waals surface area contributed by atoms with Crippen molar-refractivity contribution in [1.82, 2.24) is 4.98 Å². The van der Waals surface area contributed by atoms with E-state index in [-0.39, 0.29) is 12.6 Å². The van der Waals surface area contributed by atoms with Crippen LogP contribution in [0.3, 0.4) is 0 Å². The molecule has 0 aliphatic carbocycles. The van der Waals surface area contributed by atoms with Crippen LogP contribution in [0.1, 0.15) is 16.1 Å². The van der Waals surface area contributed by atoms with Crippen molar-refractivity contribution in [2.24, 2.45) is 0 Å². The lowest BCUT2D eigenvalue weighted by atomic mass is 10.1. The van der Waals surface area contributed by atoms with Crippen LogP contribution in [0.4, 0.5) is 0 Å². The number of carbonyl (C=O) groups is 1. The first-order valence-corrected chi connectivity index (χ1v) is 9.35. The Morgan fingerprint density at radius 2 is 1.78 bits per heavy atom. The Kier molecular flexibility index (Phi) is 4.85. The zero-order valence-electron chi connectivity index (χ0n) is 14.7. The van der Waals surface area contributed by atoms with E-state index in [2.05, 4.69) is 4.98 Å². The van der Waals surface area contributed by atoms with Crippen LogP contribution in [-0.4, -0.2) is 18.1 Å². The summed E-state index contributed by atoms with van der Waals surface area (Å²) in [7, 11) is 1.64. The highest BCUT2D eigenvalue weighted by Crippen LogP contribution is 2.26. The molecule has 0 bridgehead atoms. The average molecular weight is 375 g/mol. The molecule has 134 valence electrons. The Labute approximate surface area is 161 Å². The summed E-state index contributed by atoms with van der Waals surface area (Å²) in [5.41, 5.74) is 2.28. The highest BCUT2D eigenvalue weighted by molar-refractivity contribution is 7.13. The number of benzene rings is 3. The van der Waals surface area contributed by atoms with Gasteiger partial charge in [0.1, 0.15) is 17.4 Å². The molecule has 0 aliphatic heterocycles. The number of methoxy groups -OCH3 is 1. The van der Waals surface area contributed by atoms with Gasteiger partial charge in [-0.15, -0.1) is 11.3 Å². The monoisotopic (exact) mass is 375 g/mol. The van der Waals surface area contributed by atoms with E-state index in [0.717, 1.165) is 32.8 Å². The fourth-order valence-corrected chi connectivity index (χ4v) is 3.59. The van der Waals surface area contributed by atoms with E-state index >= 15 is 0 Å². The molecule has 5 heteroatoms. The van der Waals surface area contributed by atoms with Crippen molar-refractivity contribution >= 4 is 28.1 Å². The lowest BCUT2D eigenvalue weighted by Crippen LogP contribution is -2.05. The number of carbonyl (C=O) groups excluding carboxylic acids is 1. The molecule has 4 nitrogen and oxygen atoms in total. The third-order valence-electron chi connectivity index (χ3n) is 4.23. The molecular weight excluding hydrogens is 358 g/mol. The first-order chi connectivity index (χ1) is 13.2. The van der Waals surface area contributed by atoms with Crippen LogP contribution >= 0.6 is 11.3 Å². The molecule has 0 aliphatic rings. The van der Waals surface area contributed by atoms with E-state index in [1.54, 1.807) is 13.2 Å². The third kappa shape index (κ3) is 3.83. The molecule has 0 N–H and O–H groups in total. The van der Waals surface area contributed by atoms with Crippen LogP contribution in [0, 0.1) is 0 Å². The summed E-state index contributed by atoms with van der Waals surface area (Å²) < 4.78 is 10.6. The van der Waals surface area contributed by atoms with E-state index in [1.165, 1.54) is 11.3 Å². The Morgan fingerprint density at radius 3 is 2.56 bits per heavy atom. The summed E-state index contributed by atoms with van der Waals surface area (Å²) in [6.45, 7) is 0.151. The van der Waals surface area contributed by atoms with E-state index in [0.29, 0.717) is 5.56 Å². The summed E-state index contributed by atoms with van der Waals surface area (Å²) in [5, 5.41) is 4.90. The van der Waals surface area contributed by atoms with Gasteiger partial charge in [-0.05, 0) is 47.2 Å². The van der Waals surface area contributed by atoms with Gasteiger partial charge in [0.25, 0.3) is 0 Å². The normalized spacial score (nSPS) is 10.7. The Balaban J connectivity index is 1.43. The summed E-state index contributed by atoms with van der Waals surface area (Å²) in [5.74, 6) is 0.458. The summed E-state index contributed by atoms with van der Waals surface area (Å²) in [6, 6.07) is 21.2. The van der Waals surface area contributed by atoms with Crippen LogP contribution < -0.4 is 4.74 Å². The molecule has 0 unspecified atom stereocenters. The molecule has 27 heavy (non-hydrogen) atoms. The van der Waals surface area contributed by atoms with Crippen molar-refractivity contribution in [2.75, 3.05) is 7.11 Å². The fraction of sp³-hybridized carbons (Fsp3) is 0.0909. The number of hydrogen-bond donors (Lipinski definition) is 0. The smallest absolute Gasteiger partial charge is 0.338 e. The van der Waals surface area contributed by atoms with Gasteiger partial charge in [0.15, 0.2) is 0 Å². The maximum atomic E-state index is 12.3. The summed E-state index contributed by atoms with van der Waals surface area (Å²) >= 11 is 1.52. The van der Waals surface area contributed by atoms with Crippen molar-refractivity contribution in [2.45, 2.75) is 6.61 Å². The maximum absolute atomic E-state index is 12.3. The number of fused-ring (bicyclic) bond motifs is 1. The molecule has 0 spiro atoms. The molecule has 1 heterocycles. The van der Waals surface area contributed by atoms with Crippen molar-refractivity contribution in [3.05, 3.63) is 83.4 Å². The van der Waals surface area contributed by atoms with Crippen LogP contribution in [0.2, 0.25) is 0 Å². The molecule has 0 atom stereocenters. The summed E-state index contributed by atoms with van der Waals surface area (Å²) in [4.78, 5) is 16.9. The number of aromatic nitrogens is 1. The van der Waals surface area contributed by atoms with Gasteiger partial charge in [-0.2, -0.15) is 0 Å². The number of esters is 1. The topological polar surface area (TPSA) is 48.4 Å². The molecule has 0 saturated carbocycles. The maximum Gasteiger partial charge on any atom is 0.338 e. The number of ether oxygens (including phenoxy) is 2. The lowest BCUT2D eigenvalue weighted by molar-refractivity contribution is 0.0468. The molecular formula is C22H17NO3S. The number of nitrogens with zero attached hydrogens (tertiary/aromatic N) is 1. The molecule has 0 saturated heterocycles. The average Bonchev–Trinajstić information content (AvgIpc) is 3.21. The minimum Gasteiger partial charge on any atom is -0.497 e. The molecule has 3 aromatic carbocycles. The van der Waals surface area contributed by atoms with Crippen molar-refractivity contribution in [1.29, 1.82) is 0 Å². The SMILES string of the molecule is COc1ccc(-c2nc(COC(=O)c3ccc4ccccc4c3)cs2)cc1. The van der Waals surface area contributed by atoms with Gasteiger partial charge in [-0.1, -0.05) is 30.3 Å². The van der Waals surface area contributed by atoms with E-state index in [4.69, 9.17) is 9.47 Å². The van der Waals surface area contributed by atoms with E-state index in [9.17, 15) is 4.79 Å². The van der Waals surface area contributed by atoms with Crippen LogP contribution in [0.15, 0.2) is 72.1 Å². The van der Waals surface area contributed by atoms with Gasteiger partial charge in [0.05, 0.1) is 18.4 Å². The summed E-state index contributed by atoms with van der Waals surface area (Å²) in [6.07, 6.45) is 0. The molecule has 0 radical (unpaired) electrons. The third-order valence-corrected chi connectivity index (χ3v) is 5.17. The highest BCUT2D eigenvalue weighted by atomic mass is 32.1. The van der Waals surface area contributed by atoms with Gasteiger partial charge in [0.2, 0.25) is 0 Å². The second-order valence-corrected chi connectivity index (χ2v) is 6.87. The quantitative estimate of drug-likeness (QED) is 0.443.